The average Bonchev–Trinajstić information content (AvgIpc) is 2.56. The highest BCUT2D eigenvalue weighted by molar-refractivity contribution is 5.95. The molecule has 0 saturated carbocycles. The van der Waals surface area contributed by atoms with E-state index in [0.717, 1.165) is 11.2 Å². The Balaban J connectivity index is 2.38. The summed E-state index contributed by atoms with van der Waals surface area (Å²) < 4.78 is 0. The van der Waals surface area contributed by atoms with Crippen LogP contribution in [0.5, 0.6) is 0 Å². The second kappa shape index (κ2) is 3.07. The Bertz CT molecular complexity index is 564. The molecular weight excluding hydrogens is 200 g/mol. The van der Waals surface area contributed by atoms with Crippen molar-refractivity contribution in [3.8, 4) is 0 Å². The molecule has 0 bridgehead atoms. The van der Waals surface area contributed by atoms with Crippen LogP contribution in [0.1, 0.15) is 25.3 Å². The maximum atomic E-state index is 5.86. The van der Waals surface area contributed by atoms with Crippen LogP contribution in [-0.4, -0.2) is 16.0 Å². The second-order valence-electron chi connectivity index (χ2n) is 4.40. The number of anilines is 2. The largest absolute Gasteiger partial charge is 0.383 e. The van der Waals surface area contributed by atoms with E-state index in [1.165, 1.54) is 10.9 Å². The van der Waals surface area contributed by atoms with Crippen molar-refractivity contribution in [3.63, 3.8) is 0 Å². The number of nitrogens with one attached hydrogen (secondary N) is 1. The zero-order valence-corrected chi connectivity index (χ0v) is 9.36. The Labute approximate surface area is 93.9 Å². The fourth-order valence-electron chi connectivity index (χ4n) is 2.35. The standard InChI is InChI=1S/C12H14N4/c1-6-7(2)16-12-10(6)8-3-4-14-11(13)9(8)5-15-12/h3-7H,1-2H3,(H2,13,14)(H,15,16)/t6-,7+/m0/s1. The lowest BCUT2D eigenvalue weighted by Gasteiger charge is -2.10. The molecule has 2 aromatic rings. The minimum atomic E-state index is 0.419. The maximum absolute atomic E-state index is 5.86. The molecule has 3 N–H and O–H groups in total. The highest BCUT2D eigenvalue weighted by Crippen LogP contribution is 2.39. The van der Waals surface area contributed by atoms with Crippen molar-refractivity contribution in [3.05, 3.63) is 24.0 Å². The van der Waals surface area contributed by atoms with E-state index in [1.807, 2.05) is 6.07 Å². The van der Waals surface area contributed by atoms with Crippen molar-refractivity contribution < 1.29 is 0 Å². The fraction of sp³-hybridized carbons (Fsp3) is 0.333. The Morgan fingerprint density at radius 1 is 1.25 bits per heavy atom. The van der Waals surface area contributed by atoms with E-state index in [1.54, 1.807) is 12.4 Å². The first kappa shape index (κ1) is 9.39. The van der Waals surface area contributed by atoms with Crippen molar-refractivity contribution in [2.75, 3.05) is 11.1 Å². The van der Waals surface area contributed by atoms with Gasteiger partial charge in [-0.3, -0.25) is 0 Å². The van der Waals surface area contributed by atoms with Gasteiger partial charge in [0.15, 0.2) is 0 Å². The molecule has 0 fully saturated rings. The fourth-order valence-corrected chi connectivity index (χ4v) is 2.35. The van der Waals surface area contributed by atoms with Gasteiger partial charge in [0, 0.05) is 35.3 Å². The second-order valence-corrected chi connectivity index (χ2v) is 4.40. The minimum Gasteiger partial charge on any atom is -0.383 e. The van der Waals surface area contributed by atoms with Gasteiger partial charge in [0.1, 0.15) is 11.6 Å². The van der Waals surface area contributed by atoms with E-state index in [0.29, 0.717) is 17.8 Å². The van der Waals surface area contributed by atoms with E-state index < -0.39 is 0 Å². The molecule has 0 saturated heterocycles. The van der Waals surface area contributed by atoms with Crippen molar-refractivity contribution in [1.29, 1.82) is 0 Å². The Morgan fingerprint density at radius 2 is 2.06 bits per heavy atom. The molecule has 2 atom stereocenters. The molecular formula is C12H14N4. The third-order valence-corrected chi connectivity index (χ3v) is 3.46. The van der Waals surface area contributed by atoms with Crippen LogP contribution in [0.2, 0.25) is 0 Å². The van der Waals surface area contributed by atoms with Gasteiger partial charge in [0.2, 0.25) is 0 Å². The predicted octanol–water partition coefficient (Wildman–Crippen LogP) is 2.13. The smallest absolute Gasteiger partial charge is 0.132 e. The highest BCUT2D eigenvalue weighted by Gasteiger charge is 2.28. The summed E-state index contributed by atoms with van der Waals surface area (Å²) in [6.45, 7) is 4.38. The first-order valence-electron chi connectivity index (χ1n) is 5.48. The summed E-state index contributed by atoms with van der Waals surface area (Å²) >= 11 is 0. The third kappa shape index (κ3) is 1.10. The molecule has 0 aliphatic carbocycles. The zero-order valence-electron chi connectivity index (χ0n) is 9.36. The molecule has 2 aromatic heterocycles. The van der Waals surface area contributed by atoms with Gasteiger partial charge < -0.3 is 11.1 Å². The van der Waals surface area contributed by atoms with Gasteiger partial charge >= 0.3 is 0 Å². The molecule has 0 amide bonds. The summed E-state index contributed by atoms with van der Waals surface area (Å²) in [4.78, 5) is 8.51. The topological polar surface area (TPSA) is 63.8 Å². The normalized spacial score (nSPS) is 23.1. The van der Waals surface area contributed by atoms with Gasteiger partial charge in [-0.2, -0.15) is 0 Å². The number of aromatic nitrogens is 2. The van der Waals surface area contributed by atoms with Gasteiger partial charge in [0.25, 0.3) is 0 Å². The summed E-state index contributed by atoms with van der Waals surface area (Å²) in [6, 6.07) is 2.44. The number of nitrogen functional groups attached to an aromatic ring is 1. The molecule has 0 spiro atoms. The molecule has 3 rings (SSSR count). The summed E-state index contributed by atoms with van der Waals surface area (Å²) in [6.07, 6.45) is 3.56. The molecule has 1 aliphatic heterocycles. The SMILES string of the molecule is C[C@@H]1c2c(ncc3c(N)nccc23)N[C@@H]1C. The quantitative estimate of drug-likeness (QED) is 0.705. The Hall–Kier alpha value is -1.84. The summed E-state index contributed by atoms with van der Waals surface area (Å²) in [5.41, 5.74) is 7.12. The lowest BCUT2D eigenvalue weighted by Crippen LogP contribution is -2.13. The first-order chi connectivity index (χ1) is 7.68. The van der Waals surface area contributed by atoms with Crippen LogP contribution in [0.25, 0.3) is 10.8 Å². The van der Waals surface area contributed by atoms with Crippen molar-refractivity contribution >= 4 is 22.4 Å². The van der Waals surface area contributed by atoms with Gasteiger partial charge in [-0.1, -0.05) is 6.92 Å². The van der Waals surface area contributed by atoms with Crippen LogP contribution in [0, 0.1) is 0 Å². The van der Waals surface area contributed by atoms with Gasteiger partial charge in [-0.05, 0) is 18.4 Å². The first-order valence-corrected chi connectivity index (χ1v) is 5.48. The average molecular weight is 214 g/mol. The number of rotatable bonds is 0. The monoisotopic (exact) mass is 214 g/mol. The van der Waals surface area contributed by atoms with Gasteiger partial charge in [0.05, 0.1) is 0 Å². The molecule has 1 aliphatic rings. The van der Waals surface area contributed by atoms with Crippen molar-refractivity contribution in [2.45, 2.75) is 25.8 Å². The minimum absolute atomic E-state index is 0.419. The van der Waals surface area contributed by atoms with Crippen LogP contribution < -0.4 is 11.1 Å². The molecule has 0 unspecified atom stereocenters. The van der Waals surface area contributed by atoms with E-state index >= 15 is 0 Å². The van der Waals surface area contributed by atoms with Crippen LogP contribution in [0.4, 0.5) is 11.6 Å². The number of pyridine rings is 2. The van der Waals surface area contributed by atoms with Crippen molar-refractivity contribution in [1.82, 2.24) is 9.97 Å². The van der Waals surface area contributed by atoms with Crippen LogP contribution in [0.15, 0.2) is 18.5 Å². The molecule has 82 valence electrons. The lowest BCUT2D eigenvalue weighted by atomic mass is 9.95. The van der Waals surface area contributed by atoms with Crippen LogP contribution in [-0.2, 0) is 0 Å². The molecule has 0 aromatic carbocycles. The number of fused-ring (bicyclic) bond motifs is 3. The number of nitrogens with zero attached hydrogens (tertiary/aromatic N) is 2. The number of hydrogen-bond acceptors (Lipinski definition) is 4. The molecule has 4 heteroatoms. The van der Waals surface area contributed by atoms with E-state index in [4.69, 9.17) is 5.73 Å². The zero-order chi connectivity index (χ0) is 11.3. The molecule has 4 nitrogen and oxygen atoms in total. The van der Waals surface area contributed by atoms with E-state index in [2.05, 4.69) is 29.1 Å². The summed E-state index contributed by atoms with van der Waals surface area (Å²) in [7, 11) is 0. The molecule has 3 heterocycles. The molecule has 16 heavy (non-hydrogen) atoms. The van der Waals surface area contributed by atoms with E-state index in [-0.39, 0.29) is 0 Å². The van der Waals surface area contributed by atoms with E-state index in [9.17, 15) is 0 Å². The third-order valence-electron chi connectivity index (χ3n) is 3.46. The van der Waals surface area contributed by atoms with Gasteiger partial charge in [-0.15, -0.1) is 0 Å². The van der Waals surface area contributed by atoms with Gasteiger partial charge in [-0.25, -0.2) is 9.97 Å². The molecule has 0 radical (unpaired) electrons. The number of hydrogen-bond donors (Lipinski definition) is 2. The highest BCUT2D eigenvalue weighted by atomic mass is 15.0. The lowest BCUT2D eigenvalue weighted by molar-refractivity contribution is 0.693. The Morgan fingerprint density at radius 3 is 2.88 bits per heavy atom. The number of nitrogens with two attached hydrogens (primary N) is 1. The van der Waals surface area contributed by atoms with Crippen molar-refractivity contribution in [2.24, 2.45) is 0 Å². The van der Waals surface area contributed by atoms with Crippen LogP contribution >= 0.6 is 0 Å². The maximum Gasteiger partial charge on any atom is 0.132 e. The summed E-state index contributed by atoms with van der Waals surface area (Å²) in [5, 5.41) is 5.50. The summed E-state index contributed by atoms with van der Waals surface area (Å²) in [5.74, 6) is 1.99. The van der Waals surface area contributed by atoms with Crippen LogP contribution in [0.3, 0.4) is 0 Å². The predicted molar refractivity (Wildman–Crippen MR) is 65.5 cm³/mol. The Kier molecular flexibility index (Phi) is 1.80.